The van der Waals surface area contributed by atoms with E-state index in [9.17, 15) is 25.5 Å². The number of nitrogens with zero attached hydrogens (tertiary/aromatic N) is 3. The number of rotatable bonds is 54. The van der Waals surface area contributed by atoms with E-state index in [0.717, 1.165) is 103 Å². The summed E-state index contributed by atoms with van der Waals surface area (Å²) < 4.78 is 0. The molecule has 0 fully saturated rings. The van der Waals surface area contributed by atoms with Gasteiger partial charge in [0.1, 0.15) is 0 Å². The molecule has 65 heavy (non-hydrogen) atoms. The smallest absolute Gasteiger partial charge is 0.0667 e. The van der Waals surface area contributed by atoms with E-state index in [1.165, 1.54) is 161 Å². The summed E-state index contributed by atoms with van der Waals surface area (Å²) in [6.07, 6.45) is 38.6. The zero-order valence-electron chi connectivity index (χ0n) is 44.5. The van der Waals surface area contributed by atoms with Crippen LogP contribution >= 0.6 is 0 Å². The van der Waals surface area contributed by atoms with Crippen LogP contribution < -0.4 is 5.32 Å². The molecule has 0 aromatic carbocycles. The second-order valence-corrected chi connectivity index (χ2v) is 20.6. The molecule has 0 spiro atoms. The molecule has 5 atom stereocenters. The van der Waals surface area contributed by atoms with Gasteiger partial charge in [0.05, 0.1) is 30.5 Å². The van der Waals surface area contributed by atoms with Crippen LogP contribution in [0.25, 0.3) is 0 Å². The van der Waals surface area contributed by atoms with Crippen molar-refractivity contribution in [1.82, 2.24) is 20.0 Å². The van der Waals surface area contributed by atoms with Crippen LogP contribution in [0.3, 0.4) is 0 Å². The summed E-state index contributed by atoms with van der Waals surface area (Å²) >= 11 is 0. The van der Waals surface area contributed by atoms with Crippen LogP contribution in [0, 0.1) is 0 Å². The fraction of sp³-hybridized carbons (Fsp3) is 1.00. The standard InChI is InChI=1S/C56H118N4O5/c1-6-11-16-21-26-31-36-52(61)47-57-41-42-58(43-45-59(48-53(62)37-32-27-22-17-12-7-2)49-54(63)38-33-28-23-18-13-8-3)44-46-60(50-55(64)39-34-29-24-19-14-9-4)51-56(65)40-35-30-25-20-15-10-5/h52-57,61-65H,6-51H2,1-5H3. The molecule has 0 amide bonds. The minimum absolute atomic E-state index is 0.330. The fourth-order valence-electron chi connectivity index (χ4n) is 9.38. The summed E-state index contributed by atoms with van der Waals surface area (Å²) in [4.78, 5) is 7.13. The molecule has 0 rings (SSSR count). The third-order valence-corrected chi connectivity index (χ3v) is 13.8. The number of hydrogen-bond donors (Lipinski definition) is 6. The normalized spacial score (nSPS) is 14.5. The van der Waals surface area contributed by atoms with E-state index in [1.807, 2.05) is 0 Å². The topological polar surface area (TPSA) is 123 Å². The molecule has 5 unspecified atom stereocenters. The van der Waals surface area contributed by atoms with E-state index < -0.39 is 24.4 Å². The molecular weight excluding hydrogens is 809 g/mol. The lowest BCUT2D eigenvalue weighted by atomic mass is 10.1. The van der Waals surface area contributed by atoms with Gasteiger partial charge in [-0.1, -0.05) is 227 Å². The maximum Gasteiger partial charge on any atom is 0.0667 e. The van der Waals surface area contributed by atoms with Gasteiger partial charge in [-0.05, 0) is 32.1 Å². The molecule has 0 saturated carbocycles. The van der Waals surface area contributed by atoms with Crippen molar-refractivity contribution >= 4 is 0 Å². The molecule has 9 heteroatoms. The van der Waals surface area contributed by atoms with Gasteiger partial charge in [0, 0.05) is 72.0 Å². The Hall–Kier alpha value is -0.360. The molecule has 0 saturated heterocycles. The number of unbranched alkanes of at least 4 members (excludes halogenated alkanes) is 25. The van der Waals surface area contributed by atoms with Crippen LogP contribution in [-0.4, -0.2) is 143 Å². The third kappa shape index (κ3) is 45.8. The molecule has 0 aliphatic carbocycles. The molecule has 0 aromatic heterocycles. The first kappa shape index (κ1) is 64.6. The average Bonchev–Trinajstić information content (AvgIpc) is 3.28. The van der Waals surface area contributed by atoms with Gasteiger partial charge < -0.3 is 30.8 Å². The summed E-state index contributed by atoms with van der Waals surface area (Å²) in [6, 6.07) is 0. The molecule has 0 aliphatic rings. The van der Waals surface area contributed by atoms with Crippen molar-refractivity contribution in [3.63, 3.8) is 0 Å². The third-order valence-electron chi connectivity index (χ3n) is 13.8. The lowest BCUT2D eigenvalue weighted by molar-refractivity contribution is 0.0466. The van der Waals surface area contributed by atoms with Gasteiger partial charge >= 0.3 is 0 Å². The monoisotopic (exact) mass is 927 g/mol. The van der Waals surface area contributed by atoms with E-state index in [2.05, 4.69) is 54.6 Å². The Bertz CT molecular complexity index is 816. The Labute approximate surface area is 406 Å². The van der Waals surface area contributed by atoms with E-state index in [-0.39, 0.29) is 6.10 Å². The SMILES string of the molecule is CCCCCCCCC(O)CNCCN(CCN(CC(O)CCCCCCCC)CC(O)CCCCCCCC)CCN(CC(O)CCCCCCCC)CC(O)CCCCCCCC. The van der Waals surface area contributed by atoms with Gasteiger partial charge in [-0.15, -0.1) is 0 Å². The van der Waals surface area contributed by atoms with E-state index in [4.69, 9.17) is 0 Å². The predicted octanol–water partition coefficient (Wildman–Crippen LogP) is 12.0. The Kier molecular flexibility index (Phi) is 49.8. The van der Waals surface area contributed by atoms with E-state index in [0.29, 0.717) is 32.7 Å². The largest absolute Gasteiger partial charge is 0.392 e. The van der Waals surface area contributed by atoms with Crippen molar-refractivity contribution in [2.75, 3.05) is 72.0 Å². The number of aliphatic hydroxyl groups excluding tert-OH is 5. The Balaban J connectivity index is 5.86. The molecule has 0 aliphatic heterocycles. The minimum Gasteiger partial charge on any atom is -0.392 e. The molecule has 9 nitrogen and oxygen atoms in total. The molecule has 392 valence electrons. The first-order valence-corrected chi connectivity index (χ1v) is 29.0. The first-order chi connectivity index (χ1) is 31.7. The highest BCUT2D eigenvalue weighted by Crippen LogP contribution is 2.15. The van der Waals surface area contributed by atoms with Crippen LogP contribution in [-0.2, 0) is 0 Å². The van der Waals surface area contributed by atoms with Gasteiger partial charge in [0.25, 0.3) is 0 Å². The van der Waals surface area contributed by atoms with Crippen LogP contribution in [0.15, 0.2) is 0 Å². The second-order valence-electron chi connectivity index (χ2n) is 20.6. The highest BCUT2D eigenvalue weighted by Gasteiger charge is 2.20. The molecule has 0 bridgehead atoms. The Morgan fingerprint density at radius 1 is 0.277 bits per heavy atom. The zero-order chi connectivity index (χ0) is 47.9. The van der Waals surface area contributed by atoms with Gasteiger partial charge in [-0.3, -0.25) is 14.7 Å². The van der Waals surface area contributed by atoms with Gasteiger partial charge in [-0.2, -0.15) is 0 Å². The van der Waals surface area contributed by atoms with Crippen LogP contribution in [0.2, 0.25) is 0 Å². The lowest BCUT2D eigenvalue weighted by Gasteiger charge is -2.33. The van der Waals surface area contributed by atoms with Gasteiger partial charge in [-0.25, -0.2) is 0 Å². The maximum absolute atomic E-state index is 11.3. The van der Waals surface area contributed by atoms with Crippen LogP contribution in [0.5, 0.6) is 0 Å². The second kappa shape index (κ2) is 50.0. The molecule has 0 aromatic rings. The van der Waals surface area contributed by atoms with Crippen molar-refractivity contribution in [2.45, 2.75) is 290 Å². The quantitative estimate of drug-likeness (QED) is 0.0331. The summed E-state index contributed by atoms with van der Waals surface area (Å²) in [5, 5.41) is 59.5. The van der Waals surface area contributed by atoms with Crippen molar-refractivity contribution in [3.05, 3.63) is 0 Å². The molecule has 0 heterocycles. The number of nitrogens with one attached hydrogen (secondary N) is 1. The van der Waals surface area contributed by atoms with Gasteiger partial charge in [0.15, 0.2) is 0 Å². The summed E-state index contributed by atoms with van der Waals surface area (Å²) in [6.45, 7) is 18.9. The fourth-order valence-corrected chi connectivity index (χ4v) is 9.38. The number of aliphatic hydroxyl groups is 5. The zero-order valence-corrected chi connectivity index (χ0v) is 44.5. The highest BCUT2D eigenvalue weighted by molar-refractivity contribution is 4.76. The van der Waals surface area contributed by atoms with E-state index >= 15 is 0 Å². The Morgan fingerprint density at radius 2 is 0.508 bits per heavy atom. The lowest BCUT2D eigenvalue weighted by Crippen LogP contribution is -2.47. The summed E-state index contributed by atoms with van der Waals surface area (Å²) in [7, 11) is 0. The first-order valence-electron chi connectivity index (χ1n) is 29.0. The predicted molar refractivity (Wildman–Crippen MR) is 282 cm³/mol. The van der Waals surface area contributed by atoms with E-state index in [1.54, 1.807) is 0 Å². The number of hydrogen-bond acceptors (Lipinski definition) is 9. The minimum atomic E-state index is -0.401. The highest BCUT2D eigenvalue weighted by atomic mass is 16.3. The van der Waals surface area contributed by atoms with Crippen molar-refractivity contribution < 1.29 is 25.5 Å². The summed E-state index contributed by atoms with van der Waals surface area (Å²) in [5.74, 6) is 0. The van der Waals surface area contributed by atoms with Crippen molar-refractivity contribution in [1.29, 1.82) is 0 Å². The van der Waals surface area contributed by atoms with Crippen molar-refractivity contribution in [3.8, 4) is 0 Å². The Morgan fingerprint density at radius 3 is 0.785 bits per heavy atom. The maximum atomic E-state index is 11.3. The molecule has 6 N–H and O–H groups in total. The average molecular weight is 928 g/mol. The summed E-state index contributed by atoms with van der Waals surface area (Å²) in [5.41, 5.74) is 0. The molecular formula is C56H118N4O5. The molecule has 0 radical (unpaired) electrons. The van der Waals surface area contributed by atoms with Gasteiger partial charge in [0.2, 0.25) is 0 Å². The van der Waals surface area contributed by atoms with Crippen molar-refractivity contribution in [2.24, 2.45) is 0 Å². The van der Waals surface area contributed by atoms with Crippen LogP contribution in [0.4, 0.5) is 0 Å². The van der Waals surface area contributed by atoms with Crippen LogP contribution in [0.1, 0.15) is 259 Å².